The van der Waals surface area contributed by atoms with Gasteiger partial charge in [0.05, 0.1) is 10.8 Å². The van der Waals surface area contributed by atoms with Gasteiger partial charge >= 0.3 is 0 Å². The third-order valence-corrected chi connectivity index (χ3v) is 17.5. The molecule has 0 radical (unpaired) electrons. The van der Waals surface area contributed by atoms with E-state index in [9.17, 15) is 0 Å². The molecular weight excluding hydrogens is 917 g/mol. The Hall–Kier alpha value is -9.50. The van der Waals surface area contributed by atoms with Gasteiger partial charge in [-0.05, 0) is 155 Å². The quantitative estimate of drug-likeness (QED) is 0.147. The Bertz CT molecular complexity index is 3860. The fourth-order valence-electron chi connectivity index (χ4n) is 14.7. The second-order valence-corrected chi connectivity index (χ2v) is 21.0. The van der Waals surface area contributed by atoms with Crippen LogP contribution in [0.2, 0.25) is 0 Å². The molecular formula is C74H50N2. The molecule has 2 spiro atoms. The highest BCUT2D eigenvalue weighted by Crippen LogP contribution is 2.65. The van der Waals surface area contributed by atoms with Gasteiger partial charge in [-0.1, -0.05) is 237 Å². The average molecular weight is 967 g/mol. The molecule has 0 N–H and O–H groups in total. The Kier molecular flexibility index (Phi) is 9.18. The number of rotatable bonds is 7. The van der Waals surface area contributed by atoms with E-state index in [4.69, 9.17) is 0 Å². The van der Waals surface area contributed by atoms with E-state index in [2.05, 4.69) is 301 Å². The predicted molar refractivity (Wildman–Crippen MR) is 314 cm³/mol. The van der Waals surface area contributed by atoms with E-state index in [1.165, 1.54) is 100 Å². The summed E-state index contributed by atoms with van der Waals surface area (Å²) >= 11 is 0. The standard InChI is InChI=1S/C74H50N2/c1-4-22-50(23-5-1)51-44-46-72(47-45-51,75(52-24-6-2-7-25-52)54-40-42-62-60-32-14-20-38-68(60)73(70(62)48-54)64-34-16-10-28-56(64)57-29-11-17-35-65(57)73)76(53-26-8-3-9-27-53)55-41-43-63-61-33-15-21-39-69(61)74(71(63)49-55)66-36-18-12-30-58(66)59-31-13-19-37-67(59)74/h1-46,48-49H,47H2. The number of nitrogens with zero attached hydrogens (tertiary/aromatic N) is 2. The molecule has 2 nitrogen and oxygen atoms in total. The van der Waals surface area contributed by atoms with Crippen molar-refractivity contribution < 1.29 is 0 Å². The van der Waals surface area contributed by atoms with Gasteiger partial charge < -0.3 is 9.80 Å². The second-order valence-electron chi connectivity index (χ2n) is 21.0. The van der Waals surface area contributed by atoms with Gasteiger partial charge in [0.1, 0.15) is 5.66 Å². The van der Waals surface area contributed by atoms with Crippen molar-refractivity contribution in [2.45, 2.75) is 22.9 Å². The lowest BCUT2D eigenvalue weighted by Gasteiger charge is -2.52. The smallest absolute Gasteiger partial charge is 0.145 e. The zero-order valence-electron chi connectivity index (χ0n) is 41.8. The summed E-state index contributed by atoms with van der Waals surface area (Å²) in [6, 6.07) is 103. The fraction of sp³-hybridized carbons (Fsp3) is 0.0541. The van der Waals surface area contributed by atoms with E-state index < -0.39 is 16.5 Å². The van der Waals surface area contributed by atoms with E-state index in [-0.39, 0.29) is 0 Å². The minimum atomic E-state index is -0.836. The lowest BCUT2D eigenvalue weighted by atomic mass is 9.70. The van der Waals surface area contributed by atoms with Crippen LogP contribution in [-0.4, -0.2) is 5.66 Å². The molecule has 76 heavy (non-hydrogen) atoms. The molecule has 16 rings (SSSR count). The molecule has 0 aliphatic heterocycles. The minimum Gasteiger partial charge on any atom is -0.314 e. The number of allylic oxidation sites excluding steroid dienone is 2. The zero-order valence-corrected chi connectivity index (χ0v) is 41.8. The summed E-state index contributed by atoms with van der Waals surface area (Å²) in [5.74, 6) is 0. The van der Waals surface area contributed by atoms with Crippen molar-refractivity contribution in [2.24, 2.45) is 0 Å². The van der Waals surface area contributed by atoms with Crippen LogP contribution in [0.4, 0.5) is 22.7 Å². The SMILES string of the molecule is C1=CC(N(c2ccccc2)c2ccc3c(c2)C2(c4ccccc4-c4ccccc42)c2ccccc2-3)(N(c2ccccc2)c2ccc3c(c2)C2(c4ccccc4-c4ccccc42)c2ccccc2-3)CC=C1c1ccccc1. The summed E-state index contributed by atoms with van der Waals surface area (Å²) in [6.07, 6.45) is 8.03. The molecule has 0 bridgehead atoms. The maximum absolute atomic E-state index is 2.65. The molecule has 0 fully saturated rings. The average Bonchev–Trinajstić information content (AvgIpc) is 4.35. The number of benzene rings is 11. The number of hydrogen-bond acceptors (Lipinski definition) is 2. The van der Waals surface area contributed by atoms with Crippen molar-refractivity contribution >= 4 is 28.3 Å². The van der Waals surface area contributed by atoms with Crippen LogP contribution in [0.5, 0.6) is 0 Å². The lowest BCUT2D eigenvalue weighted by molar-refractivity contribution is 0.525. The highest BCUT2D eigenvalue weighted by molar-refractivity contribution is 5.98. The molecule has 0 aromatic heterocycles. The van der Waals surface area contributed by atoms with E-state index in [0.717, 1.165) is 22.7 Å². The van der Waals surface area contributed by atoms with Crippen LogP contribution in [0.1, 0.15) is 56.5 Å². The van der Waals surface area contributed by atoms with E-state index in [1.807, 2.05) is 0 Å². The first-order chi connectivity index (χ1) is 37.7. The molecule has 0 saturated carbocycles. The first kappa shape index (κ1) is 43.0. The molecule has 2 heteroatoms. The zero-order chi connectivity index (χ0) is 50.0. The van der Waals surface area contributed by atoms with Crippen molar-refractivity contribution in [1.29, 1.82) is 0 Å². The maximum atomic E-state index is 2.65. The van der Waals surface area contributed by atoms with Crippen molar-refractivity contribution in [1.82, 2.24) is 0 Å². The second kappa shape index (κ2) is 16.2. The van der Waals surface area contributed by atoms with Gasteiger partial charge in [0.15, 0.2) is 0 Å². The monoisotopic (exact) mass is 966 g/mol. The molecule has 0 heterocycles. The topological polar surface area (TPSA) is 6.48 Å². The van der Waals surface area contributed by atoms with Crippen molar-refractivity contribution in [3.05, 3.63) is 341 Å². The molecule has 5 aliphatic carbocycles. The van der Waals surface area contributed by atoms with Gasteiger partial charge in [0.2, 0.25) is 0 Å². The van der Waals surface area contributed by atoms with Crippen molar-refractivity contribution in [3.63, 3.8) is 0 Å². The summed E-state index contributed by atoms with van der Waals surface area (Å²) < 4.78 is 0. The van der Waals surface area contributed by atoms with Crippen molar-refractivity contribution in [3.8, 4) is 44.5 Å². The van der Waals surface area contributed by atoms with E-state index in [0.29, 0.717) is 6.42 Å². The van der Waals surface area contributed by atoms with E-state index in [1.54, 1.807) is 0 Å². The van der Waals surface area contributed by atoms with Crippen LogP contribution in [0.15, 0.2) is 291 Å². The largest absolute Gasteiger partial charge is 0.314 e. The summed E-state index contributed by atoms with van der Waals surface area (Å²) in [5.41, 5.74) is 26.0. The molecule has 0 unspecified atom stereocenters. The highest BCUT2D eigenvalue weighted by Gasteiger charge is 2.54. The summed E-state index contributed by atoms with van der Waals surface area (Å²) in [7, 11) is 0. The normalized spacial score (nSPS) is 15.4. The number of anilines is 4. The lowest BCUT2D eigenvalue weighted by Crippen LogP contribution is -2.57. The Morgan fingerprint density at radius 3 is 0.895 bits per heavy atom. The molecule has 0 atom stereocenters. The van der Waals surface area contributed by atoms with Gasteiger partial charge in [-0.25, -0.2) is 0 Å². The molecule has 11 aromatic rings. The number of para-hydroxylation sites is 2. The van der Waals surface area contributed by atoms with Crippen LogP contribution in [0, 0.1) is 0 Å². The van der Waals surface area contributed by atoms with Crippen LogP contribution in [-0.2, 0) is 10.8 Å². The molecule has 11 aromatic carbocycles. The van der Waals surface area contributed by atoms with Crippen molar-refractivity contribution in [2.75, 3.05) is 9.80 Å². The Morgan fingerprint density at radius 2 is 0.566 bits per heavy atom. The predicted octanol–water partition coefficient (Wildman–Crippen LogP) is 18.1. The van der Waals surface area contributed by atoms with Gasteiger partial charge in [-0.15, -0.1) is 0 Å². The first-order valence-corrected chi connectivity index (χ1v) is 26.7. The van der Waals surface area contributed by atoms with Crippen LogP contribution >= 0.6 is 0 Å². The van der Waals surface area contributed by atoms with Gasteiger partial charge in [0, 0.05) is 29.2 Å². The van der Waals surface area contributed by atoms with Crippen LogP contribution in [0.25, 0.3) is 50.1 Å². The molecule has 356 valence electrons. The minimum absolute atomic E-state index is 0.510. The molecule has 0 amide bonds. The van der Waals surface area contributed by atoms with Gasteiger partial charge in [-0.3, -0.25) is 0 Å². The van der Waals surface area contributed by atoms with E-state index >= 15 is 0 Å². The van der Waals surface area contributed by atoms with Gasteiger partial charge in [0.25, 0.3) is 0 Å². The number of fused-ring (bicyclic) bond motifs is 20. The van der Waals surface area contributed by atoms with Crippen LogP contribution < -0.4 is 9.80 Å². The summed E-state index contributed by atoms with van der Waals surface area (Å²) in [4.78, 5) is 5.30. The molecule has 0 saturated heterocycles. The maximum Gasteiger partial charge on any atom is 0.145 e. The summed E-state index contributed by atoms with van der Waals surface area (Å²) in [6.45, 7) is 0. The van der Waals surface area contributed by atoms with Gasteiger partial charge in [-0.2, -0.15) is 0 Å². The molecule has 5 aliphatic rings. The third kappa shape index (κ3) is 5.65. The fourth-order valence-corrected chi connectivity index (χ4v) is 14.7. The summed E-state index contributed by atoms with van der Waals surface area (Å²) in [5, 5.41) is 0. The Balaban J connectivity index is 0.981. The number of hydrogen-bond donors (Lipinski definition) is 0. The highest BCUT2D eigenvalue weighted by atomic mass is 15.4. The third-order valence-electron chi connectivity index (χ3n) is 17.5. The Morgan fingerprint density at radius 1 is 0.263 bits per heavy atom. The first-order valence-electron chi connectivity index (χ1n) is 26.7. The van der Waals surface area contributed by atoms with Crippen LogP contribution in [0.3, 0.4) is 0 Å². The Labute approximate surface area is 444 Å².